The van der Waals surface area contributed by atoms with Crippen LogP contribution in [0.5, 0.6) is 0 Å². The summed E-state index contributed by atoms with van der Waals surface area (Å²) in [6.07, 6.45) is -0.338. The van der Waals surface area contributed by atoms with Crippen LogP contribution in [-0.2, 0) is 9.47 Å². The Morgan fingerprint density at radius 2 is 2.00 bits per heavy atom. The van der Waals surface area contributed by atoms with E-state index in [1.165, 1.54) is 0 Å². The molecule has 0 amide bonds. The molecule has 0 aliphatic carbocycles. The van der Waals surface area contributed by atoms with Crippen LogP contribution in [0, 0.1) is 0 Å². The Kier molecular flexibility index (Phi) is 4.34. The number of hydrogen-bond donors (Lipinski definition) is 2. The molecular formula is C10H20N2O3. The molecule has 88 valence electrons. The van der Waals surface area contributed by atoms with Gasteiger partial charge in [-0.1, -0.05) is 0 Å². The number of rotatable bonds is 4. The zero-order chi connectivity index (χ0) is 10.5. The summed E-state index contributed by atoms with van der Waals surface area (Å²) >= 11 is 0. The zero-order valence-electron chi connectivity index (χ0n) is 9.02. The number of nitrogens with one attached hydrogen (secondary N) is 1. The van der Waals surface area contributed by atoms with Gasteiger partial charge in [0, 0.05) is 26.2 Å². The Hall–Kier alpha value is -0.200. The molecule has 0 aromatic heterocycles. The molecule has 0 bridgehead atoms. The normalized spacial score (nSPS) is 33.4. The highest BCUT2D eigenvalue weighted by molar-refractivity contribution is 4.80. The quantitative estimate of drug-likeness (QED) is 0.610. The number of nitrogens with zero attached hydrogens (tertiary/aromatic N) is 1. The number of ether oxygens (including phenoxy) is 2. The summed E-state index contributed by atoms with van der Waals surface area (Å²) in [5.74, 6) is 0. The van der Waals surface area contributed by atoms with E-state index in [2.05, 4.69) is 10.2 Å². The van der Waals surface area contributed by atoms with Gasteiger partial charge in [0.15, 0.2) is 0 Å². The van der Waals surface area contributed by atoms with Gasteiger partial charge in [0.25, 0.3) is 0 Å². The molecule has 2 rings (SSSR count). The minimum absolute atomic E-state index is 0.117. The molecule has 5 heteroatoms. The summed E-state index contributed by atoms with van der Waals surface area (Å²) in [5, 5.41) is 12.8. The van der Waals surface area contributed by atoms with Crippen LogP contribution in [0.2, 0.25) is 0 Å². The second-order valence-corrected chi connectivity index (χ2v) is 4.12. The highest BCUT2D eigenvalue weighted by atomic mass is 16.5. The summed E-state index contributed by atoms with van der Waals surface area (Å²) < 4.78 is 10.4. The van der Waals surface area contributed by atoms with Crippen LogP contribution in [0.4, 0.5) is 0 Å². The summed E-state index contributed by atoms with van der Waals surface area (Å²) in [7, 11) is 0. The molecule has 2 heterocycles. The smallest absolute Gasteiger partial charge is 0.0948 e. The average molecular weight is 216 g/mol. The highest BCUT2D eigenvalue weighted by Crippen LogP contribution is 2.04. The summed E-state index contributed by atoms with van der Waals surface area (Å²) in [4.78, 5) is 2.37. The van der Waals surface area contributed by atoms with E-state index in [1.807, 2.05) is 0 Å². The first-order valence-electron chi connectivity index (χ1n) is 5.65. The fraction of sp³-hybridized carbons (Fsp3) is 1.00. The van der Waals surface area contributed by atoms with Gasteiger partial charge in [-0.2, -0.15) is 0 Å². The van der Waals surface area contributed by atoms with Crippen LogP contribution >= 0.6 is 0 Å². The maximum Gasteiger partial charge on any atom is 0.0948 e. The Labute approximate surface area is 90.3 Å². The molecule has 2 saturated heterocycles. The maximum absolute atomic E-state index is 9.50. The topological polar surface area (TPSA) is 54.0 Å². The predicted octanol–water partition coefficient (Wildman–Crippen LogP) is -1.33. The van der Waals surface area contributed by atoms with Gasteiger partial charge in [0.2, 0.25) is 0 Å². The van der Waals surface area contributed by atoms with Gasteiger partial charge >= 0.3 is 0 Å². The fourth-order valence-corrected chi connectivity index (χ4v) is 1.97. The molecule has 0 aromatic carbocycles. The Balaban J connectivity index is 1.57. The largest absolute Gasteiger partial charge is 0.389 e. The van der Waals surface area contributed by atoms with Crippen molar-refractivity contribution in [2.45, 2.75) is 12.1 Å². The van der Waals surface area contributed by atoms with Crippen LogP contribution in [0.25, 0.3) is 0 Å². The Bertz CT molecular complexity index is 186. The molecular weight excluding hydrogens is 196 g/mol. The first-order valence-corrected chi connectivity index (χ1v) is 5.65. The van der Waals surface area contributed by atoms with E-state index in [-0.39, 0.29) is 12.1 Å². The van der Waals surface area contributed by atoms with Crippen molar-refractivity contribution in [1.82, 2.24) is 10.2 Å². The number of aliphatic hydroxyl groups is 1. The summed E-state index contributed by atoms with van der Waals surface area (Å²) in [5.41, 5.74) is 0. The van der Waals surface area contributed by atoms with Crippen molar-refractivity contribution in [1.29, 1.82) is 0 Å². The summed E-state index contributed by atoms with van der Waals surface area (Å²) in [6, 6.07) is 0.117. The van der Waals surface area contributed by atoms with E-state index in [9.17, 15) is 5.11 Å². The lowest BCUT2D eigenvalue weighted by Crippen LogP contribution is -2.45. The summed E-state index contributed by atoms with van der Waals surface area (Å²) in [6.45, 7) is 6.75. The minimum atomic E-state index is -0.338. The Morgan fingerprint density at radius 3 is 2.67 bits per heavy atom. The van der Waals surface area contributed by atoms with E-state index in [0.29, 0.717) is 13.2 Å². The van der Waals surface area contributed by atoms with Gasteiger partial charge < -0.3 is 19.9 Å². The van der Waals surface area contributed by atoms with Gasteiger partial charge in [-0.25, -0.2) is 0 Å². The second kappa shape index (κ2) is 5.77. The van der Waals surface area contributed by atoms with Crippen LogP contribution < -0.4 is 5.32 Å². The van der Waals surface area contributed by atoms with Crippen LogP contribution in [0.3, 0.4) is 0 Å². The third-order valence-electron chi connectivity index (χ3n) is 2.99. The third-order valence-corrected chi connectivity index (χ3v) is 2.99. The fourth-order valence-electron chi connectivity index (χ4n) is 1.97. The minimum Gasteiger partial charge on any atom is -0.389 e. The molecule has 15 heavy (non-hydrogen) atoms. The third kappa shape index (κ3) is 3.39. The monoisotopic (exact) mass is 216 g/mol. The van der Waals surface area contributed by atoms with Crippen molar-refractivity contribution >= 4 is 0 Å². The van der Waals surface area contributed by atoms with Crippen LogP contribution in [0.15, 0.2) is 0 Å². The zero-order valence-corrected chi connectivity index (χ0v) is 9.02. The average Bonchev–Trinajstić information content (AvgIpc) is 2.66. The molecule has 2 atom stereocenters. The number of aliphatic hydroxyl groups excluding tert-OH is 1. The van der Waals surface area contributed by atoms with Crippen LogP contribution in [0.1, 0.15) is 0 Å². The van der Waals surface area contributed by atoms with Crippen molar-refractivity contribution in [3.8, 4) is 0 Å². The van der Waals surface area contributed by atoms with E-state index in [4.69, 9.17) is 9.47 Å². The molecule has 0 saturated carbocycles. The van der Waals surface area contributed by atoms with Crippen LogP contribution in [-0.4, -0.2) is 74.8 Å². The van der Waals surface area contributed by atoms with E-state index in [0.717, 1.165) is 39.4 Å². The molecule has 0 spiro atoms. The SMILES string of the molecule is O[C@@H]1COC[C@H]1NCCN1CCOCC1. The van der Waals surface area contributed by atoms with Gasteiger partial charge in [-0.15, -0.1) is 0 Å². The van der Waals surface area contributed by atoms with E-state index >= 15 is 0 Å². The van der Waals surface area contributed by atoms with Crippen molar-refractivity contribution in [2.24, 2.45) is 0 Å². The van der Waals surface area contributed by atoms with Crippen molar-refractivity contribution in [2.75, 3.05) is 52.6 Å². The lowest BCUT2D eigenvalue weighted by molar-refractivity contribution is 0.0375. The highest BCUT2D eigenvalue weighted by Gasteiger charge is 2.25. The molecule has 5 nitrogen and oxygen atoms in total. The van der Waals surface area contributed by atoms with Crippen molar-refractivity contribution in [3.63, 3.8) is 0 Å². The molecule has 2 aliphatic rings. The van der Waals surface area contributed by atoms with E-state index < -0.39 is 0 Å². The first-order chi connectivity index (χ1) is 7.36. The number of morpholine rings is 1. The molecule has 0 radical (unpaired) electrons. The van der Waals surface area contributed by atoms with Gasteiger partial charge in [0.05, 0.1) is 38.6 Å². The lowest BCUT2D eigenvalue weighted by atomic mass is 10.2. The molecule has 2 fully saturated rings. The predicted molar refractivity (Wildman–Crippen MR) is 55.9 cm³/mol. The van der Waals surface area contributed by atoms with Crippen molar-refractivity contribution in [3.05, 3.63) is 0 Å². The van der Waals surface area contributed by atoms with Gasteiger partial charge in [0.1, 0.15) is 0 Å². The Morgan fingerprint density at radius 1 is 1.20 bits per heavy atom. The lowest BCUT2D eigenvalue weighted by Gasteiger charge is -2.27. The van der Waals surface area contributed by atoms with E-state index in [1.54, 1.807) is 0 Å². The molecule has 0 unspecified atom stereocenters. The van der Waals surface area contributed by atoms with Gasteiger partial charge in [-0.05, 0) is 0 Å². The molecule has 2 aliphatic heterocycles. The van der Waals surface area contributed by atoms with Crippen molar-refractivity contribution < 1.29 is 14.6 Å². The number of hydrogen-bond acceptors (Lipinski definition) is 5. The maximum atomic E-state index is 9.50. The second-order valence-electron chi connectivity index (χ2n) is 4.12. The van der Waals surface area contributed by atoms with Gasteiger partial charge in [-0.3, -0.25) is 4.90 Å². The first kappa shape index (κ1) is 11.3. The molecule has 2 N–H and O–H groups in total. The standard InChI is InChI=1S/C10H20N2O3/c13-10-8-15-7-9(10)11-1-2-12-3-5-14-6-4-12/h9-11,13H,1-8H2/t9-,10-/m1/s1. The molecule has 0 aromatic rings.